The number of halogens is 7. The van der Waals surface area contributed by atoms with Gasteiger partial charge >= 0.3 is 12.4 Å². The Balaban J connectivity index is 0.00000261. The molecule has 0 amide bonds. The molecular formula is C17H27ClF6N2O. The number of piperidine rings is 2. The van der Waals surface area contributed by atoms with E-state index in [4.69, 9.17) is 0 Å². The third-order valence-electron chi connectivity index (χ3n) is 6.41. The van der Waals surface area contributed by atoms with Crippen molar-refractivity contribution >= 4 is 12.4 Å². The Labute approximate surface area is 161 Å². The van der Waals surface area contributed by atoms with Crippen LogP contribution in [0.15, 0.2) is 0 Å². The summed E-state index contributed by atoms with van der Waals surface area (Å²) in [6.07, 6.45) is -7.57. The highest BCUT2D eigenvalue weighted by Gasteiger charge is 2.57. The van der Waals surface area contributed by atoms with Crippen LogP contribution in [-0.2, 0) is 0 Å². The van der Waals surface area contributed by atoms with Crippen LogP contribution >= 0.6 is 12.4 Å². The predicted octanol–water partition coefficient (Wildman–Crippen LogP) is 3.80. The summed E-state index contributed by atoms with van der Waals surface area (Å²) in [7, 11) is 0. The van der Waals surface area contributed by atoms with Gasteiger partial charge in [0, 0.05) is 12.1 Å². The minimum absolute atomic E-state index is 0. The third kappa shape index (κ3) is 5.03. The molecule has 7 atom stereocenters. The Bertz CT molecular complexity index is 483. The van der Waals surface area contributed by atoms with E-state index in [9.17, 15) is 31.4 Å². The first-order chi connectivity index (χ1) is 12.1. The van der Waals surface area contributed by atoms with E-state index in [2.05, 4.69) is 10.6 Å². The van der Waals surface area contributed by atoms with Crippen LogP contribution in [0.2, 0.25) is 0 Å². The van der Waals surface area contributed by atoms with E-state index in [-0.39, 0.29) is 31.3 Å². The maximum Gasteiger partial charge on any atom is 0.403 e. The zero-order chi connectivity index (χ0) is 19.1. The molecule has 160 valence electrons. The summed E-state index contributed by atoms with van der Waals surface area (Å²) in [4.78, 5) is 0. The van der Waals surface area contributed by atoms with Crippen LogP contribution in [0.1, 0.15) is 44.9 Å². The molecule has 1 aliphatic carbocycles. The van der Waals surface area contributed by atoms with Gasteiger partial charge in [-0.3, -0.25) is 0 Å². The van der Waals surface area contributed by atoms with Gasteiger partial charge in [0.2, 0.25) is 0 Å². The number of fused-ring (bicyclic) bond motifs is 1. The summed E-state index contributed by atoms with van der Waals surface area (Å²) in [5.74, 6) is -3.17. The van der Waals surface area contributed by atoms with Crippen molar-refractivity contribution in [3.8, 4) is 0 Å². The summed E-state index contributed by atoms with van der Waals surface area (Å²) in [5, 5.41) is 16.2. The molecule has 0 aromatic heterocycles. The Morgan fingerprint density at radius 1 is 0.889 bits per heavy atom. The summed E-state index contributed by atoms with van der Waals surface area (Å²) in [5.41, 5.74) is 0. The average Bonchev–Trinajstić information content (AvgIpc) is 2.58. The van der Waals surface area contributed by atoms with Crippen molar-refractivity contribution in [2.45, 2.75) is 81.5 Å². The van der Waals surface area contributed by atoms with Crippen LogP contribution in [0.25, 0.3) is 0 Å². The van der Waals surface area contributed by atoms with E-state index in [0.717, 1.165) is 12.8 Å². The summed E-state index contributed by atoms with van der Waals surface area (Å²) < 4.78 is 80.4. The molecule has 27 heavy (non-hydrogen) atoms. The molecule has 7 unspecified atom stereocenters. The zero-order valence-electron chi connectivity index (χ0n) is 14.8. The number of aliphatic hydroxyl groups is 1. The summed E-state index contributed by atoms with van der Waals surface area (Å²) >= 11 is 0. The number of hydrogen-bond donors (Lipinski definition) is 3. The molecule has 3 fully saturated rings. The summed E-state index contributed by atoms with van der Waals surface area (Å²) in [6.45, 7) is 0.675. The van der Waals surface area contributed by atoms with Crippen LogP contribution in [0.5, 0.6) is 0 Å². The minimum Gasteiger partial charge on any atom is -0.391 e. The van der Waals surface area contributed by atoms with Gasteiger partial charge in [0.15, 0.2) is 0 Å². The summed E-state index contributed by atoms with van der Waals surface area (Å²) in [6, 6.07) is -3.63. The van der Waals surface area contributed by atoms with E-state index in [1.54, 1.807) is 0 Å². The highest BCUT2D eigenvalue weighted by Crippen LogP contribution is 2.48. The van der Waals surface area contributed by atoms with E-state index in [1.165, 1.54) is 0 Å². The molecule has 2 aliphatic heterocycles. The second-order valence-electron chi connectivity index (χ2n) is 7.98. The highest BCUT2D eigenvalue weighted by molar-refractivity contribution is 5.85. The second-order valence-corrected chi connectivity index (χ2v) is 7.98. The monoisotopic (exact) mass is 424 g/mol. The predicted molar refractivity (Wildman–Crippen MR) is 90.7 cm³/mol. The van der Waals surface area contributed by atoms with Gasteiger partial charge in [-0.05, 0) is 50.5 Å². The van der Waals surface area contributed by atoms with Gasteiger partial charge in [-0.1, -0.05) is 12.8 Å². The number of rotatable bonds is 2. The van der Waals surface area contributed by atoms with Gasteiger partial charge in [0.25, 0.3) is 0 Å². The fraction of sp³-hybridized carbons (Fsp3) is 1.00. The first kappa shape index (κ1) is 23.0. The first-order valence-electron chi connectivity index (χ1n) is 9.40. The quantitative estimate of drug-likeness (QED) is 0.591. The Morgan fingerprint density at radius 2 is 1.59 bits per heavy atom. The lowest BCUT2D eigenvalue weighted by Crippen LogP contribution is -2.65. The van der Waals surface area contributed by atoms with Gasteiger partial charge in [0.1, 0.15) is 6.04 Å². The Kier molecular flexibility index (Phi) is 7.36. The highest BCUT2D eigenvalue weighted by atomic mass is 35.5. The maximum atomic E-state index is 13.4. The van der Waals surface area contributed by atoms with Crippen molar-refractivity contribution in [3.05, 3.63) is 0 Å². The molecule has 0 aromatic carbocycles. The average molecular weight is 425 g/mol. The van der Waals surface area contributed by atoms with Gasteiger partial charge in [-0.15, -0.1) is 12.4 Å². The molecule has 2 heterocycles. The Hall–Kier alpha value is -0.250. The first-order valence-corrected chi connectivity index (χ1v) is 9.40. The number of hydrogen-bond acceptors (Lipinski definition) is 3. The lowest BCUT2D eigenvalue weighted by atomic mass is 9.64. The molecular weight excluding hydrogens is 398 g/mol. The SMILES string of the molecule is Cl.OC(C1CCCCN1)C1CC(C(F)(F)F)NC2C1CCCC2C(F)(F)F. The molecule has 3 aliphatic rings. The normalized spacial score (nSPS) is 39.2. The van der Waals surface area contributed by atoms with Crippen LogP contribution in [0.4, 0.5) is 26.3 Å². The molecule has 0 bridgehead atoms. The molecule has 0 radical (unpaired) electrons. The topological polar surface area (TPSA) is 44.3 Å². The van der Waals surface area contributed by atoms with Gasteiger partial charge in [-0.25, -0.2) is 0 Å². The van der Waals surface area contributed by atoms with Crippen LogP contribution < -0.4 is 10.6 Å². The number of aliphatic hydroxyl groups excluding tert-OH is 1. The molecule has 3 nitrogen and oxygen atoms in total. The molecule has 10 heteroatoms. The van der Waals surface area contributed by atoms with E-state index < -0.39 is 48.3 Å². The van der Waals surface area contributed by atoms with Crippen LogP contribution in [0, 0.1) is 17.8 Å². The van der Waals surface area contributed by atoms with E-state index in [0.29, 0.717) is 25.8 Å². The van der Waals surface area contributed by atoms with Gasteiger partial charge in [0.05, 0.1) is 12.0 Å². The van der Waals surface area contributed by atoms with Crippen molar-refractivity contribution in [2.24, 2.45) is 17.8 Å². The fourth-order valence-corrected chi connectivity index (χ4v) is 5.16. The molecule has 1 saturated carbocycles. The van der Waals surface area contributed by atoms with Gasteiger partial charge in [-0.2, -0.15) is 26.3 Å². The molecule has 2 saturated heterocycles. The van der Waals surface area contributed by atoms with E-state index in [1.807, 2.05) is 0 Å². The van der Waals surface area contributed by atoms with Crippen LogP contribution in [0.3, 0.4) is 0 Å². The Morgan fingerprint density at radius 3 is 2.15 bits per heavy atom. The van der Waals surface area contributed by atoms with Crippen molar-refractivity contribution < 1.29 is 31.4 Å². The molecule has 3 N–H and O–H groups in total. The smallest absolute Gasteiger partial charge is 0.391 e. The van der Waals surface area contributed by atoms with Gasteiger partial charge < -0.3 is 15.7 Å². The largest absolute Gasteiger partial charge is 0.403 e. The lowest BCUT2D eigenvalue weighted by molar-refractivity contribution is -0.221. The maximum absolute atomic E-state index is 13.4. The fourth-order valence-electron chi connectivity index (χ4n) is 5.16. The zero-order valence-corrected chi connectivity index (χ0v) is 15.6. The van der Waals surface area contributed by atoms with E-state index >= 15 is 0 Å². The molecule has 0 spiro atoms. The van der Waals surface area contributed by atoms with Crippen molar-refractivity contribution in [1.29, 1.82) is 0 Å². The molecule has 3 rings (SSSR count). The lowest BCUT2D eigenvalue weighted by Gasteiger charge is -2.51. The minimum atomic E-state index is -4.63. The van der Waals surface area contributed by atoms with Crippen molar-refractivity contribution in [2.75, 3.05) is 6.54 Å². The standard InChI is InChI=1S/C17H26F6N2O.ClH/c18-16(19,20)11-5-3-4-9-10(15(26)12-6-1-2-7-24-12)8-13(17(21,22)23)25-14(9)11;/h9-15,24-26H,1-8H2;1H. The van der Waals surface area contributed by atoms with Crippen molar-refractivity contribution in [3.63, 3.8) is 0 Å². The second kappa shape index (κ2) is 8.63. The third-order valence-corrected chi connectivity index (χ3v) is 6.41. The molecule has 0 aromatic rings. The number of nitrogens with one attached hydrogen (secondary N) is 2. The van der Waals surface area contributed by atoms with Crippen molar-refractivity contribution in [1.82, 2.24) is 10.6 Å². The number of alkyl halides is 6. The van der Waals surface area contributed by atoms with Crippen LogP contribution in [-0.4, -0.2) is 48.2 Å².